The fourth-order valence-corrected chi connectivity index (χ4v) is 4.84. The standard InChI is InChI=1S/C26H30N4O3/c1-27-11-12-33-19-6-3-17(4-7-19)22-14-25(21-9-8-20(32-2)13-23(21)28-22)30-15-18-5-10-26(31)29-24(18)16-30/h3-4,6-9,13-14,18,24,27H,5,10-12,15-16H2,1-2H3,(H,29,31). The van der Waals surface area contributed by atoms with E-state index in [4.69, 9.17) is 14.5 Å². The highest BCUT2D eigenvalue weighted by molar-refractivity contribution is 5.95. The number of benzene rings is 2. The van der Waals surface area contributed by atoms with Gasteiger partial charge in [-0.15, -0.1) is 0 Å². The Balaban J connectivity index is 1.50. The summed E-state index contributed by atoms with van der Waals surface area (Å²) in [6, 6.07) is 16.5. The highest BCUT2D eigenvalue weighted by Crippen LogP contribution is 2.37. The van der Waals surface area contributed by atoms with Gasteiger partial charge in [-0.05, 0) is 61.9 Å². The topological polar surface area (TPSA) is 75.7 Å². The number of carbonyl (C=O) groups is 1. The van der Waals surface area contributed by atoms with Crippen LogP contribution in [0.2, 0.25) is 0 Å². The van der Waals surface area contributed by atoms with Gasteiger partial charge in [0.25, 0.3) is 0 Å². The molecule has 3 aromatic rings. The number of piperidine rings is 1. The van der Waals surface area contributed by atoms with E-state index >= 15 is 0 Å². The zero-order valence-corrected chi connectivity index (χ0v) is 19.1. The lowest BCUT2D eigenvalue weighted by Gasteiger charge is -2.24. The Morgan fingerprint density at radius 3 is 2.73 bits per heavy atom. The predicted octanol–water partition coefficient (Wildman–Crippen LogP) is 3.22. The van der Waals surface area contributed by atoms with Gasteiger partial charge in [-0.3, -0.25) is 4.79 Å². The van der Waals surface area contributed by atoms with Crippen LogP contribution in [0.3, 0.4) is 0 Å². The van der Waals surface area contributed by atoms with E-state index in [0.717, 1.165) is 65.4 Å². The molecule has 172 valence electrons. The number of hydrogen-bond donors (Lipinski definition) is 2. The zero-order valence-electron chi connectivity index (χ0n) is 19.1. The van der Waals surface area contributed by atoms with Crippen molar-refractivity contribution in [3.05, 3.63) is 48.5 Å². The molecule has 33 heavy (non-hydrogen) atoms. The first-order valence-corrected chi connectivity index (χ1v) is 11.6. The Hall–Kier alpha value is -3.32. The van der Waals surface area contributed by atoms with Crippen LogP contribution >= 0.6 is 0 Å². The molecule has 2 unspecified atom stereocenters. The van der Waals surface area contributed by atoms with Crippen LogP contribution in [0.4, 0.5) is 5.69 Å². The van der Waals surface area contributed by atoms with E-state index in [9.17, 15) is 4.79 Å². The molecule has 2 N–H and O–H groups in total. The fraction of sp³-hybridized carbons (Fsp3) is 0.385. The molecule has 7 heteroatoms. The Morgan fingerprint density at radius 2 is 1.94 bits per heavy atom. The molecule has 1 aromatic heterocycles. The average Bonchev–Trinajstić information content (AvgIpc) is 3.26. The number of nitrogens with one attached hydrogen (secondary N) is 2. The van der Waals surface area contributed by atoms with Gasteiger partial charge >= 0.3 is 0 Å². The molecular weight excluding hydrogens is 416 g/mol. The van der Waals surface area contributed by atoms with Crippen LogP contribution in [0.5, 0.6) is 11.5 Å². The molecule has 2 saturated heterocycles. The number of fused-ring (bicyclic) bond motifs is 2. The van der Waals surface area contributed by atoms with E-state index < -0.39 is 0 Å². The van der Waals surface area contributed by atoms with Crippen molar-refractivity contribution in [3.8, 4) is 22.8 Å². The first-order chi connectivity index (χ1) is 16.1. The summed E-state index contributed by atoms with van der Waals surface area (Å²) in [7, 11) is 3.58. The van der Waals surface area contributed by atoms with Crippen molar-refractivity contribution in [2.45, 2.75) is 18.9 Å². The molecule has 2 aliphatic rings. The number of methoxy groups -OCH3 is 1. The van der Waals surface area contributed by atoms with Crippen molar-refractivity contribution in [2.75, 3.05) is 45.3 Å². The van der Waals surface area contributed by atoms with Crippen LogP contribution < -0.4 is 25.0 Å². The number of amides is 1. The summed E-state index contributed by atoms with van der Waals surface area (Å²) < 4.78 is 11.2. The number of rotatable bonds is 7. The number of likely N-dealkylation sites (N-methyl/N-ethyl adjacent to an activating group) is 1. The van der Waals surface area contributed by atoms with Crippen molar-refractivity contribution < 1.29 is 14.3 Å². The van der Waals surface area contributed by atoms with Gasteiger partial charge in [-0.1, -0.05) is 0 Å². The number of pyridine rings is 1. The normalized spacial score (nSPS) is 19.9. The molecule has 7 nitrogen and oxygen atoms in total. The van der Waals surface area contributed by atoms with Crippen molar-refractivity contribution in [1.82, 2.24) is 15.6 Å². The maximum atomic E-state index is 11.9. The number of hydrogen-bond acceptors (Lipinski definition) is 6. The smallest absolute Gasteiger partial charge is 0.220 e. The third kappa shape index (κ3) is 4.46. The summed E-state index contributed by atoms with van der Waals surface area (Å²) in [5.74, 6) is 2.28. The van der Waals surface area contributed by atoms with Gasteiger partial charge in [0.2, 0.25) is 5.91 Å². The Morgan fingerprint density at radius 1 is 1.12 bits per heavy atom. The van der Waals surface area contributed by atoms with E-state index in [1.54, 1.807) is 7.11 Å². The molecule has 2 aromatic carbocycles. The zero-order chi connectivity index (χ0) is 22.8. The second kappa shape index (κ2) is 9.27. The van der Waals surface area contributed by atoms with Crippen molar-refractivity contribution in [2.24, 2.45) is 5.92 Å². The largest absolute Gasteiger partial charge is 0.497 e. The molecule has 1 amide bonds. The quantitative estimate of drug-likeness (QED) is 0.543. The summed E-state index contributed by atoms with van der Waals surface area (Å²) in [5, 5.41) is 7.36. The second-order valence-corrected chi connectivity index (χ2v) is 8.76. The maximum Gasteiger partial charge on any atom is 0.220 e. The average molecular weight is 447 g/mol. The Kier molecular flexibility index (Phi) is 6.05. The third-order valence-corrected chi connectivity index (χ3v) is 6.64. The molecule has 3 heterocycles. The summed E-state index contributed by atoms with van der Waals surface area (Å²) in [4.78, 5) is 19.3. The third-order valence-electron chi connectivity index (χ3n) is 6.64. The van der Waals surface area contributed by atoms with Crippen molar-refractivity contribution >= 4 is 22.5 Å². The molecule has 0 radical (unpaired) electrons. The lowest BCUT2D eigenvalue weighted by molar-refractivity contribution is -0.123. The van der Waals surface area contributed by atoms with Crippen LogP contribution in [-0.2, 0) is 4.79 Å². The number of aromatic nitrogens is 1. The van der Waals surface area contributed by atoms with Gasteiger partial charge in [-0.2, -0.15) is 0 Å². The lowest BCUT2D eigenvalue weighted by Crippen LogP contribution is -2.44. The van der Waals surface area contributed by atoms with E-state index in [1.165, 1.54) is 0 Å². The summed E-state index contributed by atoms with van der Waals surface area (Å²) in [6.07, 6.45) is 1.57. The van der Waals surface area contributed by atoms with E-state index in [1.807, 2.05) is 31.3 Å². The summed E-state index contributed by atoms with van der Waals surface area (Å²) in [6.45, 7) is 3.19. The van der Waals surface area contributed by atoms with Gasteiger partial charge in [0, 0.05) is 48.8 Å². The van der Waals surface area contributed by atoms with Crippen molar-refractivity contribution in [1.29, 1.82) is 0 Å². The highest BCUT2D eigenvalue weighted by atomic mass is 16.5. The Labute approximate surface area is 194 Å². The minimum atomic E-state index is 0.167. The highest BCUT2D eigenvalue weighted by Gasteiger charge is 2.37. The monoisotopic (exact) mass is 446 g/mol. The molecule has 0 saturated carbocycles. The van der Waals surface area contributed by atoms with Crippen LogP contribution in [0.15, 0.2) is 48.5 Å². The number of carbonyl (C=O) groups excluding carboxylic acids is 1. The van der Waals surface area contributed by atoms with Gasteiger partial charge in [-0.25, -0.2) is 4.98 Å². The van der Waals surface area contributed by atoms with Crippen LogP contribution in [0.25, 0.3) is 22.2 Å². The minimum absolute atomic E-state index is 0.167. The Bertz CT molecular complexity index is 1150. The van der Waals surface area contributed by atoms with Crippen LogP contribution in [-0.4, -0.2) is 57.3 Å². The van der Waals surface area contributed by atoms with Crippen molar-refractivity contribution in [3.63, 3.8) is 0 Å². The molecule has 0 bridgehead atoms. The van der Waals surface area contributed by atoms with E-state index in [2.05, 4.69) is 39.8 Å². The fourth-order valence-electron chi connectivity index (χ4n) is 4.84. The first-order valence-electron chi connectivity index (χ1n) is 11.6. The SMILES string of the molecule is CNCCOc1ccc(-c2cc(N3CC4CCC(=O)NC4C3)c3ccc(OC)cc3n2)cc1. The molecule has 2 fully saturated rings. The van der Waals surface area contributed by atoms with E-state index in [0.29, 0.717) is 18.9 Å². The van der Waals surface area contributed by atoms with Gasteiger partial charge in [0.15, 0.2) is 0 Å². The summed E-state index contributed by atoms with van der Waals surface area (Å²) in [5.41, 5.74) is 3.99. The molecule has 2 aliphatic heterocycles. The van der Waals surface area contributed by atoms with Crippen LogP contribution in [0.1, 0.15) is 12.8 Å². The molecule has 2 atom stereocenters. The van der Waals surface area contributed by atoms with Gasteiger partial charge in [0.1, 0.15) is 18.1 Å². The molecule has 5 rings (SSSR count). The minimum Gasteiger partial charge on any atom is -0.497 e. The molecular formula is C26H30N4O3. The summed E-state index contributed by atoms with van der Waals surface area (Å²) >= 11 is 0. The van der Waals surface area contributed by atoms with E-state index in [-0.39, 0.29) is 11.9 Å². The first kappa shape index (κ1) is 21.5. The number of anilines is 1. The maximum absolute atomic E-state index is 11.9. The van der Waals surface area contributed by atoms with Gasteiger partial charge in [0.05, 0.1) is 24.4 Å². The lowest BCUT2D eigenvalue weighted by atomic mass is 9.94. The van der Waals surface area contributed by atoms with Gasteiger partial charge < -0.3 is 25.0 Å². The molecule has 0 spiro atoms. The molecule has 0 aliphatic carbocycles. The van der Waals surface area contributed by atoms with Crippen LogP contribution in [0, 0.1) is 5.92 Å². The second-order valence-electron chi connectivity index (χ2n) is 8.76. The number of nitrogens with zero attached hydrogens (tertiary/aromatic N) is 2. The number of ether oxygens (including phenoxy) is 2. The predicted molar refractivity (Wildman–Crippen MR) is 130 cm³/mol.